The summed E-state index contributed by atoms with van der Waals surface area (Å²) < 4.78 is 0. The molecule has 0 aliphatic carbocycles. The van der Waals surface area contributed by atoms with Crippen molar-refractivity contribution in [1.29, 1.82) is 5.26 Å². The molecule has 1 heteroatoms. The van der Waals surface area contributed by atoms with Gasteiger partial charge in [-0.2, -0.15) is 5.26 Å². The fourth-order valence-corrected chi connectivity index (χ4v) is 0.910. The first-order valence-corrected chi connectivity index (χ1v) is 4.32. The Morgan fingerprint density at radius 3 is 2.42 bits per heavy atom. The van der Waals surface area contributed by atoms with Crippen molar-refractivity contribution in [2.24, 2.45) is 0 Å². The van der Waals surface area contributed by atoms with Crippen LogP contribution < -0.4 is 0 Å². The summed E-state index contributed by atoms with van der Waals surface area (Å²) in [6, 6.07) is 2.11. The predicted molar refractivity (Wildman–Crippen MR) is 52.7 cm³/mol. The van der Waals surface area contributed by atoms with E-state index in [1.165, 1.54) is 11.1 Å². The first kappa shape index (κ1) is 11.0. The molecule has 0 bridgehead atoms. The van der Waals surface area contributed by atoms with Gasteiger partial charge in [0.25, 0.3) is 0 Å². The second kappa shape index (κ2) is 6.67. The summed E-state index contributed by atoms with van der Waals surface area (Å²) in [4.78, 5) is 0. The third-order valence-electron chi connectivity index (χ3n) is 1.63. The molecule has 66 valence electrons. The summed E-state index contributed by atoms with van der Waals surface area (Å²) in [5, 5.41) is 8.32. The Hall–Kier alpha value is -1.03. The summed E-state index contributed by atoms with van der Waals surface area (Å²) in [5.74, 6) is 0. The molecule has 0 aromatic heterocycles. The fourth-order valence-electron chi connectivity index (χ4n) is 0.910. The first-order chi connectivity index (χ1) is 5.66. The van der Waals surface area contributed by atoms with Gasteiger partial charge >= 0.3 is 0 Å². The average Bonchev–Trinajstić information content (AvgIpc) is 2.00. The minimum Gasteiger partial charge on any atom is -0.198 e. The molecule has 0 rings (SSSR count). The van der Waals surface area contributed by atoms with E-state index in [0.717, 1.165) is 12.8 Å². The lowest BCUT2D eigenvalue weighted by Crippen LogP contribution is -1.76. The number of hydrogen-bond acceptors (Lipinski definition) is 1. The molecule has 1 nitrogen and oxygen atoms in total. The van der Waals surface area contributed by atoms with Crippen molar-refractivity contribution >= 4 is 0 Å². The van der Waals surface area contributed by atoms with Crippen molar-refractivity contribution < 1.29 is 0 Å². The largest absolute Gasteiger partial charge is 0.198 e. The van der Waals surface area contributed by atoms with Crippen molar-refractivity contribution in [3.8, 4) is 6.07 Å². The Morgan fingerprint density at radius 2 is 1.92 bits per heavy atom. The molecule has 0 radical (unpaired) electrons. The molecular formula is C11H17N. The predicted octanol–water partition coefficient (Wildman–Crippen LogP) is 3.59. The number of allylic oxidation sites excluding steroid dienone is 4. The van der Waals surface area contributed by atoms with Gasteiger partial charge in [0.2, 0.25) is 0 Å². The maximum atomic E-state index is 8.32. The second-order valence-corrected chi connectivity index (χ2v) is 3.23. The number of rotatable bonds is 4. The average molecular weight is 163 g/mol. The number of nitriles is 1. The van der Waals surface area contributed by atoms with Gasteiger partial charge in [-0.25, -0.2) is 0 Å². The van der Waals surface area contributed by atoms with Gasteiger partial charge < -0.3 is 0 Å². The molecule has 0 saturated heterocycles. The third-order valence-corrected chi connectivity index (χ3v) is 1.63. The van der Waals surface area contributed by atoms with Crippen molar-refractivity contribution in [2.45, 2.75) is 40.0 Å². The maximum Gasteiger partial charge on any atom is 0.0663 e. The SMILES string of the molecule is CC(C)=CCC/C(C)=C\CC#N. The molecule has 0 unspecified atom stereocenters. The van der Waals surface area contributed by atoms with Gasteiger partial charge in [0.05, 0.1) is 12.5 Å². The van der Waals surface area contributed by atoms with E-state index < -0.39 is 0 Å². The molecule has 0 aromatic rings. The highest BCUT2D eigenvalue weighted by Gasteiger charge is 1.87. The van der Waals surface area contributed by atoms with Crippen LogP contribution in [0.2, 0.25) is 0 Å². The zero-order valence-electron chi connectivity index (χ0n) is 8.22. The quantitative estimate of drug-likeness (QED) is 0.581. The maximum absolute atomic E-state index is 8.32. The van der Waals surface area contributed by atoms with E-state index >= 15 is 0 Å². The zero-order valence-corrected chi connectivity index (χ0v) is 8.22. The third kappa shape index (κ3) is 7.08. The molecule has 0 spiro atoms. The number of nitrogens with zero attached hydrogens (tertiary/aromatic N) is 1. The fraction of sp³-hybridized carbons (Fsp3) is 0.545. The van der Waals surface area contributed by atoms with Crippen LogP contribution in [0.1, 0.15) is 40.0 Å². The van der Waals surface area contributed by atoms with Crippen LogP contribution in [0.25, 0.3) is 0 Å². The van der Waals surface area contributed by atoms with Crippen LogP contribution in [0, 0.1) is 11.3 Å². The zero-order chi connectivity index (χ0) is 9.40. The highest BCUT2D eigenvalue weighted by molar-refractivity contribution is 5.04. The lowest BCUT2D eigenvalue weighted by molar-refractivity contribution is 0.959. The molecular weight excluding hydrogens is 146 g/mol. The topological polar surface area (TPSA) is 23.8 Å². The van der Waals surface area contributed by atoms with Gasteiger partial charge in [-0.05, 0) is 33.6 Å². The van der Waals surface area contributed by atoms with Gasteiger partial charge in [0.1, 0.15) is 0 Å². The molecule has 0 saturated carbocycles. The molecule has 0 fully saturated rings. The standard InChI is InChI=1S/C11H17N/c1-10(2)6-4-7-11(3)8-5-9-12/h6,8H,4-5,7H2,1-3H3/b11-8-. The molecule has 0 aromatic carbocycles. The highest BCUT2D eigenvalue weighted by Crippen LogP contribution is 2.06. The van der Waals surface area contributed by atoms with Gasteiger partial charge in [0.15, 0.2) is 0 Å². The lowest BCUT2D eigenvalue weighted by Gasteiger charge is -1.96. The van der Waals surface area contributed by atoms with E-state index in [9.17, 15) is 0 Å². The minimum absolute atomic E-state index is 0.542. The Kier molecular flexibility index (Phi) is 6.09. The first-order valence-electron chi connectivity index (χ1n) is 4.32. The number of hydrogen-bond donors (Lipinski definition) is 0. The van der Waals surface area contributed by atoms with Crippen LogP contribution in [-0.2, 0) is 0 Å². The van der Waals surface area contributed by atoms with Gasteiger partial charge in [-0.3, -0.25) is 0 Å². The lowest BCUT2D eigenvalue weighted by atomic mass is 10.1. The molecule has 0 aliphatic rings. The van der Waals surface area contributed by atoms with Crippen molar-refractivity contribution in [3.63, 3.8) is 0 Å². The van der Waals surface area contributed by atoms with Crippen LogP contribution in [0.15, 0.2) is 23.3 Å². The van der Waals surface area contributed by atoms with E-state index in [1.807, 2.05) is 6.08 Å². The molecule has 0 atom stereocenters. The van der Waals surface area contributed by atoms with Crippen LogP contribution in [0.5, 0.6) is 0 Å². The molecule has 0 aliphatic heterocycles. The van der Waals surface area contributed by atoms with Crippen molar-refractivity contribution in [1.82, 2.24) is 0 Å². The summed E-state index contributed by atoms with van der Waals surface area (Å²) in [6.45, 7) is 6.29. The smallest absolute Gasteiger partial charge is 0.0663 e. The monoisotopic (exact) mass is 163 g/mol. The van der Waals surface area contributed by atoms with E-state index in [0.29, 0.717) is 6.42 Å². The van der Waals surface area contributed by atoms with Crippen LogP contribution in [0.4, 0.5) is 0 Å². The Morgan fingerprint density at radius 1 is 1.25 bits per heavy atom. The van der Waals surface area contributed by atoms with Crippen LogP contribution in [0.3, 0.4) is 0 Å². The minimum atomic E-state index is 0.542. The second-order valence-electron chi connectivity index (χ2n) is 3.23. The van der Waals surface area contributed by atoms with E-state index in [2.05, 4.69) is 32.9 Å². The van der Waals surface area contributed by atoms with Gasteiger partial charge in [0, 0.05) is 0 Å². The van der Waals surface area contributed by atoms with Crippen molar-refractivity contribution in [2.75, 3.05) is 0 Å². The van der Waals surface area contributed by atoms with Crippen molar-refractivity contribution in [3.05, 3.63) is 23.3 Å². The molecule has 0 heterocycles. The normalized spacial score (nSPS) is 10.7. The van der Waals surface area contributed by atoms with Gasteiger partial charge in [-0.15, -0.1) is 0 Å². The Bertz CT molecular complexity index is 212. The van der Waals surface area contributed by atoms with E-state index in [4.69, 9.17) is 5.26 Å². The summed E-state index contributed by atoms with van der Waals surface area (Å²) >= 11 is 0. The molecule has 0 N–H and O–H groups in total. The van der Waals surface area contributed by atoms with Crippen LogP contribution in [-0.4, -0.2) is 0 Å². The summed E-state index contributed by atoms with van der Waals surface area (Å²) in [5.41, 5.74) is 2.68. The Labute approximate surface area is 75.4 Å². The summed E-state index contributed by atoms with van der Waals surface area (Å²) in [7, 11) is 0. The van der Waals surface area contributed by atoms with Crippen LogP contribution >= 0.6 is 0 Å². The van der Waals surface area contributed by atoms with Gasteiger partial charge in [-0.1, -0.05) is 23.3 Å². The Balaban J connectivity index is 3.65. The summed E-state index contributed by atoms with van der Waals surface area (Å²) in [6.07, 6.45) is 6.94. The molecule has 12 heavy (non-hydrogen) atoms. The van der Waals surface area contributed by atoms with E-state index in [-0.39, 0.29) is 0 Å². The molecule has 0 amide bonds. The highest BCUT2D eigenvalue weighted by atomic mass is 14.2. The van der Waals surface area contributed by atoms with E-state index in [1.54, 1.807) is 0 Å².